The van der Waals surface area contributed by atoms with Crippen molar-refractivity contribution < 1.29 is 38.4 Å². The van der Waals surface area contributed by atoms with Gasteiger partial charge in [0.25, 0.3) is 0 Å². The maximum absolute atomic E-state index is 11.9. The normalized spacial score (nSPS) is 11.9. The molecule has 0 aliphatic carbocycles. The first-order chi connectivity index (χ1) is 23.4. The van der Waals surface area contributed by atoms with E-state index in [0.29, 0.717) is 13.2 Å². The van der Waals surface area contributed by atoms with E-state index in [0.717, 1.165) is 61.8 Å². The Balaban J connectivity index is 1.28. The van der Waals surface area contributed by atoms with Gasteiger partial charge >= 0.3 is 5.97 Å². The molecule has 244 valence electrons. The van der Waals surface area contributed by atoms with E-state index >= 15 is 0 Å². The molecule has 0 atom stereocenters. The Hall–Kier alpha value is -5.60. The van der Waals surface area contributed by atoms with Gasteiger partial charge in [-0.3, -0.25) is 4.79 Å². The molecule has 0 bridgehead atoms. The van der Waals surface area contributed by atoms with Crippen molar-refractivity contribution in [3.63, 3.8) is 0 Å². The quantitative estimate of drug-likeness (QED) is 0.108. The summed E-state index contributed by atoms with van der Waals surface area (Å²) in [7, 11) is 3.30. The number of carboxylic acids is 1. The molecule has 0 N–H and O–H groups in total. The number of rotatable bonds is 13. The number of esters is 1. The number of ether oxygens (including phenoxy) is 5. The number of fused-ring (bicyclic) bond motifs is 3. The lowest BCUT2D eigenvalue weighted by atomic mass is 9.80. The molecule has 0 spiro atoms. The highest BCUT2D eigenvalue weighted by molar-refractivity contribution is 5.77. The Morgan fingerprint density at radius 2 is 1.27 bits per heavy atom. The number of carboxylic acid groups (broad SMARTS) is 1. The zero-order chi connectivity index (χ0) is 33.5. The van der Waals surface area contributed by atoms with E-state index in [1.807, 2.05) is 103 Å². The Morgan fingerprint density at radius 3 is 1.88 bits per heavy atom. The van der Waals surface area contributed by atoms with Crippen molar-refractivity contribution in [3.05, 3.63) is 149 Å². The van der Waals surface area contributed by atoms with Gasteiger partial charge in [-0.2, -0.15) is 0 Å². The zero-order valence-corrected chi connectivity index (χ0v) is 26.8. The van der Waals surface area contributed by atoms with Crippen molar-refractivity contribution in [2.24, 2.45) is 0 Å². The smallest absolute Gasteiger partial charge is 0.306 e. The van der Waals surface area contributed by atoms with E-state index in [1.54, 1.807) is 14.2 Å². The van der Waals surface area contributed by atoms with E-state index in [2.05, 4.69) is 12.1 Å². The fourth-order valence-corrected chi connectivity index (χ4v) is 5.98. The minimum Gasteiger partial charge on any atom is -0.550 e. The van der Waals surface area contributed by atoms with Crippen LogP contribution in [0, 0.1) is 0 Å². The monoisotopic (exact) mass is 643 g/mol. The fourth-order valence-electron chi connectivity index (χ4n) is 5.98. The molecule has 6 rings (SSSR count). The zero-order valence-electron chi connectivity index (χ0n) is 26.8. The minimum atomic E-state index is -1.28. The van der Waals surface area contributed by atoms with Gasteiger partial charge in [-0.1, -0.05) is 78.9 Å². The maximum atomic E-state index is 11.9. The van der Waals surface area contributed by atoms with Crippen LogP contribution >= 0.6 is 0 Å². The highest BCUT2D eigenvalue weighted by Crippen LogP contribution is 2.43. The van der Waals surface area contributed by atoms with Crippen molar-refractivity contribution in [1.82, 2.24) is 0 Å². The average Bonchev–Trinajstić information content (AvgIpc) is 3.14. The van der Waals surface area contributed by atoms with E-state index in [9.17, 15) is 14.7 Å². The standard InChI is InChI=1S/C40H36O8/c1-44-33-14-10-31(11-15-33)40(30-6-4-3-5-7-30,32-12-16-34(45-2)17-13-32)48-25-28-9-19-36-35-18-8-27(22-29(35)26-46-37(36)23-28)24-47-39(43)21-20-38(41)42/h3-19,22-23H,20-21,24-26H2,1-2H3,(H,41,42)/p-1. The van der Waals surface area contributed by atoms with Gasteiger partial charge in [0.1, 0.15) is 36.1 Å². The molecule has 0 unspecified atom stereocenters. The Morgan fingerprint density at radius 1 is 0.688 bits per heavy atom. The molecule has 0 saturated carbocycles. The molecule has 5 aromatic rings. The van der Waals surface area contributed by atoms with Crippen molar-refractivity contribution in [2.45, 2.75) is 38.3 Å². The van der Waals surface area contributed by atoms with Crippen LogP contribution < -0.4 is 19.3 Å². The molecule has 0 amide bonds. The summed E-state index contributed by atoms with van der Waals surface area (Å²) in [6.07, 6.45) is -0.584. The van der Waals surface area contributed by atoms with E-state index in [1.165, 1.54) is 0 Å². The SMILES string of the molecule is COc1ccc(C(OCc2ccc3c(c2)OCc2cc(COC(=O)CCC(=O)[O-])ccc2-3)(c2ccccc2)c2ccc(OC)cc2)cc1. The largest absolute Gasteiger partial charge is 0.550 e. The third-order valence-corrected chi connectivity index (χ3v) is 8.45. The molecular formula is C40H35O8-. The molecule has 1 heterocycles. The molecular weight excluding hydrogens is 608 g/mol. The minimum absolute atomic E-state index is 0.0495. The molecule has 0 saturated heterocycles. The van der Waals surface area contributed by atoms with Crippen LogP contribution in [0.1, 0.15) is 46.2 Å². The highest BCUT2D eigenvalue weighted by atomic mass is 16.5. The van der Waals surface area contributed by atoms with Gasteiger partial charge in [0.2, 0.25) is 0 Å². The first kappa shape index (κ1) is 32.3. The Kier molecular flexibility index (Phi) is 9.73. The molecule has 8 heteroatoms. The first-order valence-corrected chi connectivity index (χ1v) is 15.6. The van der Waals surface area contributed by atoms with Crippen LogP contribution in [-0.2, 0) is 44.5 Å². The lowest BCUT2D eigenvalue weighted by Gasteiger charge is -2.36. The van der Waals surface area contributed by atoms with Crippen LogP contribution in [0.4, 0.5) is 0 Å². The first-order valence-electron chi connectivity index (χ1n) is 15.6. The van der Waals surface area contributed by atoms with Gasteiger partial charge in [0.05, 0.1) is 27.2 Å². The van der Waals surface area contributed by atoms with Crippen LogP contribution in [-0.4, -0.2) is 26.2 Å². The molecule has 0 aromatic heterocycles. The number of carbonyl (C=O) groups is 2. The lowest BCUT2D eigenvalue weighted by molar-refractivity contribution is -0.305. The third kappa shape index (κ3) is 6.89. The molecule has 0 radical (unpaired) electrons. The van der Waals surface area contributed by atoms with E-state index in [-0.39, 0.29) is 19.4 Å². The maximum Gasteiger partial charge on any atom is 0.306 e. The van der Waals surface area contributed by atoms with Gasteiger partial charge in [0.15, 0.2) is 0 Å². The van der Waals surface area contributed by atoms with Crippen LogP contribution in [0.15, 0.2) is 115 Å². The number of methoxy groups -OCH3 is 2. The number of aliphatic carboxylic acids is 1. The average molecular weight is 644 g/mol. The molecule has 48 heavy (non-hydrogen) atoms. The third-order valence-electron chi connectivity index (χ3n) is 8.45. The van der Waals surface area contributed by atoms with Crippen LogP contribution in [0.2, 0.25) is 0 Å². The van der Waals surface area contributed by atoms with Crippen molar-refractivity contribution in [1.29, 1.82) is 0 Å². The summed E-state index contributed by atoms with van der Waals surface area (Å²) in [5.41, 5.74) is 6.62. The summed E-state index contributed by atoms with van der Waals surface area (Å²) in [4.78, 5) is 22.5. The Bertz CT molecular complexity index is 1830. The molecule has 1 aliphatic heterocycles. The number of hydrogen-bond donors (Lipinski definition) is 0. The summed E-state index contributed by atoms with van der Waals surface area (Å²) < 4.78 is 29.4. The van der Waals surface area contributed by atoms with Gasteiger partial charge < -0.3 is 33.6 Å². The second-order valence-electron chi connectivity index (χ2n) is 11.4. The number of benzene rings is 5. The van der Waals surface area contributed by atoms with Crippen LogP contribution in [0.5, 0.6) is 17.2 Å². The summed E-state index contributed by atoms with van der Waals surface area (Å²) in [6, 6.07) is 38.0. The number of hydrogen-bond acceptors (Lipinski definition) is 8. The van der Waals surface area contributed by atoms with Gasteiger partial charge in [-0.25, -0.2) is 0 Å². The van der Waals surface area contributed by atoms with E-state index in [4.69, 9.17) is 23.7 Å². The van der Waals surface area contributed by atoms with Crippen molar-refractivity contribution in [2.75, 3.05) is 14.2 Å². The van der Waals surface area contributed by atoms with Crippen molar-refractivity contribution >= 4 is 11.9 Å². The summed E-state index contributed by atoms with van der Waals surface area (Å²) in [6.45, 7) is 0.692. The lowest BCUT2D eigenvalue weighted by Crippen LogP contribution is -2.32. The predicted molar refractivity (Wildman–Crippen MR) is 177 cm³/mol. The van der Waals surface area contributed by atoms with Crippen LogP contribution in [0.3, 0.4) is 0 Å². The molecule has 5 aromatic carbocycles. The van der Waals surface area contributed by atoms with Crippen molar-refractivity contribution in [3.8, 4) is 28.4 Å². The van der Waals surface area contributed by atoms with E-state index < -0.39 is 17.5 Å². The fraction of sp³-hybridized carbons (Fsp3) is 0.200. The van der Waals surface area contributed by atoms with Gasteiger partial charge in [-0.05, 0) is 81.8 Å². The number of carbonyl (C=O) groups excluding carboxylic acids is 2. The summed E-state index contributed by atoms with van der Waals surface area (Å²) in [5, 5.41) is 10.6. The molecule has 0 fully saturated rings. The second kappa shape index (κ2) is 14.4. The van der Waals surface area contributed by atoms with Crippen LogP contribution in [0.25, 0.3) is 11.1 Å². The molecule has 1 aliphatic rings. The topological polar surface area (TPSA) is 103 Å². The van der Waals surface area contributed by atoms with Gasteiger partial charge in [0, 0.05) is 11.5 Å². The predicted octanol–water partition coefficient (Wildman–Crippen LogP) is 6.35. The Labute approximate surface area is 279 Å². The summed E-state index contributed by atoms with van der Waals surface area (Å²) >= 11 is 0. The highest BCUT2D eigenvalue weighted by Gasteiger charge is 2.38. The summed E-state index contributed by atoms with van der Waals surface area (Å²) in [5.74, 6) is 0.400. The molecule has 8 nitrogen and oxygen atoms in total. The second-order valence-corrected chi connectivity index (χ2v) is 11.4. The van der Waals surface area contributed by atoms with Gasteiger partial charge in [-0.15, -0.1) is 0 Å².